The lowest BCUT2D eigenvalue weighted by Crippen LogP contribution is -2.31. The van der Waals surface area contributed by atoms with Gasteiger partial charge in [0.05, 0.1) is 44.0 Å². The maximum Gasteiger partial charge on any atom is 0.492 e. The van der Waals surface area contributed by atoms with Crippen molar-refractivity contribution in [3.63, 3.8) is 0 Å². The standard InChI is InChI=1S/C19H16FN3O4.C12H10ClN3O3.C7H8BFO3/c1-26-18-6-4-13(20)9-15(18)16-10-14(21-11-22-16)7-12-3-5-19(27-2)17(8-12)23(24)25;1-19-11-3-2-8(5-10(11)16(17)18)4-9-6-12(13)15-7-14-9;1-12-7-3-2-5(9)4-6(7)8(10)11/h3-6,8-11H,7H2,1-2H3;2-3,5-7H,4H2,1H3;2-4,10-11H,1H3. The molecule has 0 amide bonds. The third kappa shape index (κ3) is 12.1. The molecule has 2 aromatic heterocycles. The minimum Gasteiger partial charge on any atom is -0.497 e. The number of nitro benzene ring substituents is 2. The van der Waals surface area contributed by atoms with E-state index >= 15 is 0 Å². The molecule has 6 rings (SSSR count). The van der Waals surface area contributed by atoms with Crippen LogP contribution in [0.4, 0.5) is 20.2 Å². The van der Waals surface area contributed by atoms with Crippen molar-refractivity contribution < 1.29 is 47.6 Å². The van der Waals surface area contributed by atoms with Crippen molar-refractivity contribution in [3.05, 3.63) is 157 Å². The molecule has 0 aliphatic heterocycles. The van der Waals surface area contributed by atoms with Crippen LogP contribution in [-0.4, -0.2) is 75.4 Å². The molecular weight excluding hydrogens is 785 g/mol. The summed E-state index contributed by atoms with van der Waals surface area (Å²) < 4.78 is 46.2. The van der Waals surface area contributed by atoms with E-state index in [0.29, 0.717) is 52.0 Å². The Bertz CT molecular complexity index is 2380. The van der Waals surface area contributed by atoms with Gasteiger partial charge in [-0.15, -0.1) is 0 Å². The predicted octanol–water partition coefficient (Wildman–Crippen LogP) is 5.95. The highest BCUT2D eigenvalue weighted by Gasteiger charge is 2.19. The first kappa shape index (κ1) is 43.9. The highest BCUT2D eigenvalue weighted by atomic mass is 35.5. The third-order valence-electron chi connectivity index (χ3n) is 7.97. The molecule has 0 spiro atoms. The number of hydrogen-bond donors (Lipinski definition) is 2. The first-order chi connectivity index (χ1) is 27.8. The van der Waals surface area contributed by atoms with Crippen LogP contribution in [0.15, 0.2) is 97.6 Å². The molecule has 0 radical (unpaired) electrons. The van der Waals surface area contributed by atoms with Gasteiger partial charge in [-0.2, -0.15) is 0 Å². The zero-order valence-electron chi connectivity index (χ0n) is 31.2. The largest absolute Gasteiger partial charge is 0.497 e. The Balaban J connectivity index is 0.000000209. The normalized spacial score (nSPS) is 10.2. The van der Waals surface area contributed by atoms with Crippen molar-refractivity contribution in [2.24, 2.45) is 0 Å². The lowest BCUT2D eigenvalue weighted by molar-refractivity contribution is -0.385. The fraction of sp³-hybridized carbons (Fsp3) is 0.158. The first-order valence-corrected chi connectivity index (χ1v) is 17.1. The van der Waals surface area contributed by atoms with Gasteiger partial charge in [0, 0.05) is 47.4 Å². The summed E-state index contributed by atoms with van der Waals surface area (Å²) in [6.07, 6.45) is 3.51. The summed E-state index contributed by atoms with van der Waals surface area (Å²) in [6.45, 7) is 0. The highest BCUT2D eigenvalue weighted by molar-refractivity contribution is 6.59. The van der Waals surface area contributed by atoms with E-state index in [9.17, 15) is 29.0 Å². The van der Waals surface area contributed by atoms with Gasteiger partial charge in [0.2, 0.25) is 0 Å². The van der Waals surface area contributed by atoms with Crippen LogP contribution in [0, 0.1) is 31.9 Å². The van der Waals surface area contributed by atoms with Gasteiger partial charge in [-0.25, -0.2) is 28.7 Å². The van der Waals surface area contributed by atoms with Gasteiger partial charge in [0.1, 0.15) is 40.9 Å². The maximum absolute atomic E-state index is 13.6. The van der Waals surface area contributed by atoms with E-state index in [4.69, 9.17) is 40.6 Å². The van der Waals surface area contributed by atoms with E-state index in [-0.39, 0.29) is 34.1 Å². The molecule has 16 nitrogen and oxygen atoms in total. The Morgan fingerprint density at radius 2 is 1.09 bits per heavy atom. The highest BCUT2D eigenvalue weighted by Crippen LogP contribution is 2.32. The zero-order chi connectivity index (χ0) is 42.4. The summed E-state index contributed by atoms with van der Waals surface area (Å²) in [7, 11) is 3.93. The third-order valence-corrected chi connectivity index (χ3v) is 8.18. The zero-order valence-corrected chi connectivity index (χ0v) is 32.0. The van der Waals surface area contributed by atoms with Crippen LogP contribution in [0.5, 0.6) is 23.0 Å². The molecule has 4 aromatic carbocycles. The van der Waals surface area contributed by atoms with E-state index in [1.165, 1.54) is 83.6 Å². The Hall–Kier alpha value is -6.83. The monoisotopic (exact) mass is 818 g/mol. The van der Waals surface area contributed by atoms with Gasteiger partial charge in [0.25, 0.3) is 0 Å². The van der Waals surface area contributed by atoms with Gasteiger partial charge in [-0.3, -0.25) is 20.2 Å². The number of hydrogen-bond acceptors (Lipinski definition) is 14. The molecule has 0 fully saturated rings. The lowest BCUT2D eigenvalue weighted by Gasteiger charge is -2.09. The predicted molar refractivity (Wildman–Crippen MR) is 209 cm³/mol. The number of methoxy groups -OCH3 is 4. The Morgan fingerprint density at radius 1 is 0.621 bits per heavy atom. The molecule has 58 heavy (non-hydrogen) atoms. The smallest absolute Gasteiger partial charge is 0.492 e. The van der Waals surface area contributed by atoms with Gasteiger partial charge in [-0.05, 0) is 71.8 Å². The van der Waals surface area contributed by atoms with Crippen LogP contribution in [0.2, 0.25) is 5.15 Å². The molecule has 0 unspecified atom stereocenters. The van der Waals surface area contributed by atoms with Crippen molar-refractivity contribution in [2.45, 2.75) is 12.8 Å². The number of halogens is 3. The molecule has 0 bridgehead atoms. The molecule has 0 saturated heterocycles. The van der Waals surface area contributed by atoms with Gasteiger partial charge in [0.15, 0.2) is 11.5 Å². The van der Waals surface area contributed by atoms with Crippen LogP contribution < -0.4 is 24.4 Å². The summed E-state index contributed by atoms with van der Waals surface area (Å²) in [4.78, 5) is 37.4. The second kappa shape index (κ2) is 20.9. The molecular formula is C38H34BClF2N6O10. The number of nitrogens with zero attached hydrogens (tertiary/aromatic N) is 6. The quantitative estimate of drug-likeness (QED) is 0.0632. The minimum absolute atomic E-state index is 0.0255. The van der Waals surface area contributed by atoms with Crippen LogP contribution in [0.25, 0.3) is 11.3 Å². The van der Waals surface area contributed by atoms with Gasteiger partial charge in [-0.1, -0.05) is 23.7 Å². The molecule has 0 aliphatic rings. The average Bonchev–Trinajstić information content (AvgIpc) is 3.21. The molecule has 0 atom stereocenters. The van der Waals surface area contributed by atoms with Crippen molar-refractivity contribution in [3.8, 4) is 34.3 Å². The topological polar surface area (TPSA) is 215 Å². The second-order valence-electron chi connectivity index (χ2n) is 11.7. The van der Waals surface area contributed by atoms with Gasteiger partial charge < -0.3 is 29.0 Å². The number of benzene rings is 4. The summed E-state index contributed by atoms with van der Waals surface area (Å²) in [5.41, 5.74) is 3.61. The fourth-order valence-electron chi connectivity index (χ4n) is 5.29. The summed E-state index contributed by atoms with van der Waals surface area (Å²) in [5, 5.41) is 40.0. The van der Waals surface area contributed by atoms with E-state index < -0.39 is 28.6 Å². The van der Waals surface area contributed by atoms with Crippen LogP contribution in [0.3, 0.4) is 0 Å². The van der Waals surface area contributed by atoms with E-state index in [1.54, 1.807) is 36.4 Å². The lowest BCUT2D eigenvalue weighted by atomic mass is 9.79. The van der Waals surface area contributed by atoms with Crippen LogP contribution in [-0.2, 0) is 12.8 Å². The van der Waals surface area contributed by atoms with Crippen molar-refractivity contribution in [1.29, 1.82) is 0 Å². The Morgan fingerprint density at radius 3 is 1.57 bits per heavy atom. The maximum atomic E-state index is 13.6. The summed E-state index contributed by atoms with van der Waals surface area (Å²) >= 11 is 5.76. The second-order valence-corrected chi connectivity index (χ2v) is 12.1. The molecule has 20 heteroatoms. The van der Waals surface area contributed by atoms with Crippen LogP contribution >= 0.6 is 11.6 Å². The first-order valence-electron chi connectivity index (χ1n) is 16.7. The number of ether oxygens (including phenoxy) is 4. The number of rotatable bonds is 12. The van der Waals surface area contributed by atoms with Crippen molar-refractivity contribution in [1.82, 2.24) is 19.9 Å². The molecule has 2 heterocycles. The SMILES string of the molecule is COc1ccc(Cc2cc(Cl)ncn2)cc1[N+](=O)[O-].COc1ccc(F)cc1-c1cc(Cc2ccc(OC)c([N+](=O)[O-])c2)ncn1.COc1ccc(F)cc1B(O)O. The van der Waals surface area contributed by atoms with Crippen molar-refractivity contribution >= 4 is 35.6 Å². The Labute approximate surface area is 335 Å². The molecule has 300 valence electrons. The number of nitro groups is 2. The molecule has 0 saturated carbocycles. The minimum atomic E-state index is -1.71. The molecule has 6 aromatic rings. The number of aromatic nitrogens is 4. The average molecular weight is 819 g/mol. The van der Waals surface area contributed by atoms with Gasteiger partial charge >= 0.3 is 18.5 Å². The van der Waals surface area contributed by atoms with E-state index in [2.05, 4.69) is 19.9 Å². The fourth-order valence-corrected chi connectivity index (χ4v) is 5.46. The van der Waals surface area contributed by atoms with E-state index in [0.717, 1.165) is 11.6 Å². The summed E-state index contributed by atoms with van der Waals surface area (Å²) in [5.74, 6) is 0.231. The van der Waals surface area contributed by atoms with Crippen LogP contribution in [0.1, 0.15) is 22.5 Å². The Kier molecular flexibility index (Phi) is 15.8. The molecule has 2 N–H and O–H groups in total. The van der Waals surface area contributed by atoms with Crippen molar-refractivity contribution in [2.75, 3.05) is 28.4 Å². The molecule has 0 aliphatic carbocycles. The van der Waals surface area contributed by atoms with E-state index in [1.807, 2.05) is 0 Å². The summed E-state index contributed by atoms with van der Waals surface area (Å²) in [6, 6.07) is 20.5.